The largest absolute Gasteiger partial charge is 0.481 e. The van der Waals surface area contributed by atoms with E-state index in [1.807, 2.05) is 6.92 Å². The summed E-state index contributed by atoms with van der Waals surface area (Å²) in [4.78, 5) is 23.0. The highest BCUT2D eigenvalue weighted by molar-refractivity contribution is 8.94. The Morgan fingerprint density at radius 2 is 1.23 bits per heavy atom. The summed E-state index contributed by atoms with van der Waals surface area (Å²) in [5.41, 5.74) is 0. The molecule has 0 saturated carbocycles. The van der Waals surface area contributed by atoms with E-state index in [4.69, 9.17) is 0 Å². The molecule has 4 nitrogen and oxygen atoms in total. The van der Waals surface area contributed by atoms with Crippen molar-refractivity contribution in [3.05, 3.63) is 0 Å². The van der Waals surface area contributed by atoms with E-state index >= 15 is 0 Å². The highest BCUT2D eigenvalue weighted by Crippen LogP contribution is 2.70. The number of carboxylic acids is 2. The summed E-state index contributed by atoms with van der Waals surface area (Å²) in [6.07, 6.45) is 16.2. The lowest BCUT2D eigenvalue weighted by atomic mass is 9.86. The van der Waals surface area contributed by atoms with Crippen LogP contribution in [0.3, 0.4) is 0 Å². The van der Waals surface area contributed by atoms with Crippen LogP contribution in [0, 0.1) is 11.8 Å². The minimum absolute atomic E-state index is 0.103. The molecule has 2 atom stereocenters. The summed E-state index contributed by atoms with van der Waals surface area (Å²) >= 11 is 0. The third-order valence-electron chi connectivity index (χ3n) is 5.32. The van der Waals surface area contributed by atoms with Crippen molar-refractivity contribution in [1.82, 2.24) is 0 Å². The Hall–Kier alpha value is -0.360. The van der Waals surface area contributed by atoms with Crippen LogP contribution in [0.2, 0.25) is 0 Å². The average Bonchev–Trinajstić information content (AvgIpc) is 3.37. The number of carbonyl (C=O) groups is 2. The normalized spacial score (nSPS) is 17.6. The molecule has 0 aliphatic carbocycles. The molecule has 0 radical (unpaired) electrons. The topological polar surface area (TPSA) is 74.6 Å². The van der Waals surface area contributed by atoms with E-state index < -0.39 is 21.9 Å². The second-order valence-corrected chi connectivity index (χ2v) is 10.5. The second kappa shape index (κ2) is 12.9. The number of hydrogen-bond acceptors (Lipinski definition) is 4. The number of hydrogen-bond donors (Lipinski definition) is 2. The molecule has 1 fully saturated rings. The predicted molar refractivity (Wildman–Crippen MR) is 112 cm³/mol. The minimum atomic E-state index is -1.15. The third-order valence-corrected chi connectivity index (χ3v) is 8.28. The molecule has 1 heterocycles. The molecule has 1 saturated heterocycles. The first kappa shape index (κ1) is 23.7. The van der Waals surface area contributed by atoms with Gasteiger partial charge in [0.25, 0.3) is 0 Å². The second-order valence-electron chi connectivity index (χ2n) is 7.61. The first-order chi connectivity index (χ1) is 12.5. The molecule has 2 unspecified atom stereocenters. The van der Waals surface area contributed by atoms with E-state index in [-0.39, 0.29) is 5.92 Å². The molecule has 0 aromatic carbocycles. The van der Waals surface area contributed by atoms with Gasteiger partial charge in [0.05, 0.1) is 5.92 Å². The average molecular weight is 405 g/mol. The molecule has 152 valence electrons. The maximum Gasteiger partial charge on any atom is 0.332 e. The van der Waals surface area contributed by atoms with Crippen molar-refractivity contribution in [2.45, 2.75) is 101 Å². The van der Waals surface area contributed by atoms with Gasteiger partial charge in [-0.25, -0.2) is 4.79 Å². The van der Waals surface area contributed by atoms with E-state index in [1.165, 1.54) is 85.8 Å². The van der Waals surface area contributed by atoms with Gasteiger partial charge in [0, 0.05) is 0 Å². The molecule has 0 aromatic rings. The monoisotopic (exact) mass is 404 g/mol. The van der Waals surface area contributed by atoms with Crippen molar-refractivity contribution in [3.63, 3.8) is 0 Å². The SMILES string of the molecule is CCCCCCCCCCCCCCC(C)C(C(=O)O)C1(C(=O)O)SS1. The molecule has 0 bridgehead atoms. The van der Waals surface area contributed by atoms with Crippen LogP contribution in [-0.4, -0.2) is 26.2 Å². The van der Waals surface area contributed by atoms with E-state index in [9.17, 15) is 19.8 Å². The predicted octanol–water partition coefficient (Wildman–Crippen LogP) is 6.59. The van der Waals surface area contributed by atoms with Crippen LogP contribution in [-0.2, 0) is 9.59 Å². The number of unbranched alkanes of at least 4 members (excludes halogenated alkanes) is 11. The highest BCUT2D eigenvalue weighted by Gasteiger charge is 2.63. The molecule has 0 spiro atoms. The fraction of sp³-hybridized carbons (Fsp3) is 0.900. The molecule has 0 amide bonds. The Morgan fingerprint density at radius 1 is 0.808 bits per heavy atom. The van der Waals surface area contributed by atoms with Crippen LogP contribution in [0.5, 0.6) is 0 Å². The van der Waals surface area contributed by atoms with Gasteiger partial charge in [0.1, 0.15) is 0 Å². The lowest BCUT2D eigenvalue weighted by Gasteiger charge is -2.23. The summed E-state index contributed by atoms with van der Waals surface area (Å²) in [7, 11) is 2.37. The molecule has 1 aliphatic heterocycles. The van der Waals surface area contributed by atoms with Crippen molar-refractivity contribution in [2.75, 3.05) is 0 Å². The Labute approximate surface area is 166 Å². The maximum atomic E-state index is 11.6. The summed E-state index contributed by atoms with van der Waals surface area (Å²) in [5, 5.41) is 18.8. The molecule has 1 rings (SSSR count). The van der Waals surface area contributed by atoms with Gasteiger partial charge in [-0.15, -0.1) is 0 Å². The summed E-state index contributed by atoms with van der Waals surface area (Å²) in [6.45, 7) is 4.14. The van der Waals surface area contributed by atoms with Gasteiger partial charge in [0.2, 0.25) is 0 Å². The number of carboxylic acid groups (broad SMARTS) is 2. The van der Waals surface area contributed by atoms with Gasteiger partial charge < -0.3 is 10.2 Å². The molecule has 6 heteroatoms. The van der Waals surface area contributed by atoms with Crippen LogP contribution in [0.4, 0.5) is 0 Å². The van der Waals surface area contributed by atoms with Gasteiger partial charge >= 0.3 is 11.9 Å². The third kappa shape index (κ3) is 8.12. The van der Waals surface area contributed by atoms with Gasteiger partial charge in [-0.05, 0) is 12.3 Å². The Bertz CT molecular complexity index is 424. The Balaban J connectivity index is 2.06. The van der Waals surface area contributed by atoms with Crippen LogP contribution in [0.1, 0.15) is 97.3 Å². The molecule has 2 N–H and O–H groups in total. The fourth-order valence-electron chi connectivity index (χ4n) is 3.61. The van der Waals surface area contributed by atoms with Crippen molar-refractivity contribution in [3.8, 4) is 0 Å². The summed E-state index contributed by atoms with van der Waals surface area (Å²) < 4.78 is -1.15. The van der Waals surface area contributed by atoms with Gasteiger partial charge in [-0.3, -0.25) is 4.79 Å². The zero-order valence-electron chi connectivity index (χ0n) is 16.4. The first-order valence-corrected chi connectivity index (χ1v) is 12.4. The quantitative estimate of drug-likeness (QED) is 0.162. The Kier molecular flexibility index (Phi) is 11.8. The fourth-order valence-corrected chi connectivity index (χ4v) is 6.03. The Morgan fingerprint density at radius 3 is 1.58 bits per heavy atom. The van der Waals surface area contributed by atoms with Crippen molar-refractivity contribution in [1.29, 1.82) is 0 Å². The molecule has 26 heavy (non-hydrogen) atoms. The van der Waals surface area contributed by atoms with E-state index in [0.717, 1.165) is 19.3 Å². The van der Waals surface area contributed by atoms with E-state index in [2.05, 4.69) is 6.92 Å². The number of aliphatic carboxylic acids is 2. The van der Waals surface area contributed by atoms with Crippen LogP contribution in [0.25, 0.3) is 0 Å². The van der Waals surface area contributed by atoms with Gasteiger partial charge in [-0.1, -0.05) is 112 Å². The van der Waals surface area contributed by atoms with Crippen molar-refractivity contribution in [2.24, 2.45) is 11.8 Å². The van der Waals surface area contributed by atoms with Crippen LogP contribution in [0.15, 0.2) is 0 Å². The number of rotatable bonds is 17. The van der Waals surface area contributed by atoms with Crippen LogP contribution < -0.4 is 0 Å². The van der Waals surface area contributed by atoms with Crippen LogP contribution >= 0.6 is 21.6 Å². The molecular weight excluding hydrogens is 368 g/mol. The zero-order chi connectivity index (χ0) is 19.4. The lowest BCUT2D eigenvalue weighted by molar-refractivity contribution is -0.150. The smallest absolute Gasteiger partial charge is 0.332 e. The first-order valence-electron chi connectivity index (χ1n) is 10.3. The standard InChI is InChI=1S/C20H36O4S2/c1-3-4-5-6-7-8-9-10-11-12-13-14-15-16(2)17(18(21)22)20(19(23)24)25-26-20/h16-17H,3-15H2,1-2H3,(H,21,22)(H,23,24). The van der Waals surface area contributed by atoms with E-state index in [0.29, 0.717) is 0 Å². The summed E-state index contributed by atoms with van der Waals surface area (Å²) in [5.74, 6) is -2.88. The highest BCUT2D eigenvalue weighted by atomic mass is 33.2. The lowest BCUT2D eigenvalue weighted by Crippen LogP contribution is -2.39. The minimum Gasteiger partial charge on any atom is -0.481 e. The molecule has 0 aromatic heterocycles. The van der Waals surface area contributed by atoms with Gasteiger partial charge in [-0.2, -0.15) is 0 Å². The zero-order valence-corrected chi connectivity index (χ0v) is 18.0. The van der Waals surface area contributed by atoms with Gasteiger partial charge in [0.15, 0.2) is 4.08 Å². The molecular formula is C20H36O4S2. The molecule has 1 aliphatic rings. The van der Waals surface area contributed by atoms with E-state index in [1.54, 1.807) is 0 Å². The maximum absolute atomic E-state index is 11.6. The summed E-state index contributed by atoms with van der Waals surface area (Å²) in [6, 6.07) is 0. The van der Waals surface area contributed by atoms with Crippen molar-refractivity contribution >= 4 is 33.5 Å². The van der Waals surface area contributed by atoms with Crippen molar-refractivity contribution < 1.29 is 19.8 Å².